The third kappa shape index (κ3) is 2.50. The minimum absolute atomic E-state index is 0.181. The van der Waals surface area contributed by atoms with E-state index >= 15 is 0 Å². The quantitative estimate of drug-likeness (QED) is 0.821. The number of carbonyl (C=O) groups excluding carboxylic acids is 2. The summed E-state index contributed by atoms with van der Waals surface area (Å²) in [5.41, 5.74) is 0.464. The lowest BCUT2D eigenvalue weighted by Crippen LogP contribution is -2.40. The van der Waals surface area contributed by atoms with Crippen molar-refractivity contribution in [2.24, 2.45) is 0 Å². The molecule has 1 aromatic rings. The normalized spacial score (nSPS) is 17.8. The Bertz CT molecular complexity index is 475. The van der Waals surface area contributed by atoms with E-state index in [1.165, 1.54) is 0 Å². The van der Waals surface area contributed by atoms with Crippen molar-refractivity contribution in [2.45, 2.75) is 19.6 Å². The number of ether oxygens (including phenoxy) is 2. The fourth-order valence-corrected chi connectivity index (χ4v) is 1.52. The highest BCUT2D eigenvalue weighted by molar-refractivity contribution is 6.31. The summed E-state index contributed by atoms with van der Waals surface area (Å²) in [6.07, 6.45) is -1.06. The van der Waals surface area contributed by atoms with Gasteiger partial charge in [-0.3, -0.25) is 9.59 Å². The lowest BCUT2D eigenvalue weighted by Gasteiger charge is -2.25. The minimum atomic E-state index is -1.24. The SMILES string of the molecule is CCC(=O)OC1Oc2ccc(Cl)cc2NC1=O. The third-order valence-corrected chi connectivity index (χ3v) is 2.41. The van der Waals surface area contributed by atoms with Crippen molar-refractivity contribution < 1.29 is 19.1 Å². The summed E-state index contributed by atoms with van der Waals surface area (Å²) in [5.74, 6) is -0.605. The molecule has 1 N–H and O–H groups in total. The average molecular weight is 256 g/mol. The summed E-state index contributed by atoms with van der Waals surface area (Å²) in [6.45, 7) is 1.64. The van der Waals surface area contributed by atoms with E-state index in [-0.39, 0.29) is 6.42 Å². The zero-order valence-electron chi connectivity index (χ0n) is 9.03. The van der Waals surface area contributed by atoms with Crippen molar-refractivity contribution in [3.63, 3.8) is 0 Å². The first kappa shape index (κ1) is 11.7. The van der Waals surface area contributed by atoms with E-state index in [1.807, 2.05) is 0 Å². The molecule has 0 aromatic heterocycles. The molecule has 1 atom stereocenters. The van der Waals surface area contributed by atoms with Gasteiger partial charge in [0.15, 0.2) is 0 Å². The summed E-state index contributed by atoms with van der Waals surface area (Å²) < 4.78 is 10.1. The number of rotatable bonds is 2. The molecule has 0 spiro atoms. The lowest BCUT2D eigenvalue weighted by atomic mass is 10.2. The van der Waals surface area contributed by atoms with E-state index in [4.69, 9.17) is 21.1 Å². The molecule has 0 fully saturated rings. The van der Waals surface area contributed by atoms with Crippen LogP contribution in [0.3, 0.4) is 0 Å². The molecule has 1 aliphatic rings. The number of nitrogens with one attached hydrogen (secondary N) is 1. The van der Waals surface area contributed by atoms with E-state index < -0.39 is 18.2 Å². The first-order valence-electron chi connectivity index (χ1n) is 5.06. The van der Waals surface area contributed by atoms with Gasteiger partial charge in [-0.2, -0.15) is 0 Å². The van der Waals surface area contributed by atoms with Gasteiger partial charge in [0.25, 0.3) is 0 Å². The molecule has 6 heteroatoms. The molecular formula is C11H10ClNO4. The number of halogens is 1. The fourth-order valence-electron chi connectivity index (χ4n) is 1.34. The topological polar surface area (TPSA) is 64.6 Å². The first-order chi connectivity index (χ1) is 8.10. The van der Waals surface area contributed by atoms with Crippen molar-refractivity contribution in [3.8, 4) is 5.75 Å². The van der Waals surface area contributed by atoms with Gasteiger partial charge in [0.05, 0.1) is 5.69 Å². The van der Waals surface area contributed by atoms with Gasteiger partial charge in [0.1, 0.15) is 5.75 Å². The van der Waals surface area contributed by atoms with E-state index in [2.05, 4.69) is 5.32 Å². The highest BCUT2D eigenvalue weighted by Gasteiger charge is 2.30. The van der Waals surface area contributed by atoms with Crippen molar-refractivity contribution in [1.29, 1.82) is 0 Å². The van der Waals surface area contributed by atoms with Gasteiger partial charge in [0.2, 0.25) is 0 Å². The van der Waals surface area contributed by atoms with Crippen molar-refractivity contribution in [1.82, 2.24) is 0 Å². The van der Waals surface area contributed by atoms with E-state index in [9.17, 15) is 9.59 Å². The second-order valence-electron chi connectivity index (χ2n) is 3.42. The molecule has 0 saturated heterocycles. The number of esters is 1. The molecule has 1 unspecified atom stereocenters. The van der Waals surface area contributed by atoms with Gasteiger partial charge in [-0.1, -0.05) is 18.5 Å². The molecular weight excluding hydrogens is 246 g/mol. The van der Waals surface area contributed by atoms with Crippen molar-refractivity contribution in [2.75, 3.05) is 5.32 Å². The zero-order valence-corrected chi connectivity index (χ0v) is 9.78. The number of hydrogen-bond acceptors (Lipinski definition) is 4. The second-order valence-corrected chi connectivity index (χ2v) is 3.86. The van der Waals surface area contributed by atoms with Gasteiger partial charge in [-0.05, 0) is 18.2 Å². The van der Waals surface area contributed by atoms with E-state index in [0.29, 0.717) is 16.5 Å². The zero-order chi connectivity index (χ0) is 12.4. The maximum atomic E-state index is 11.6. The van der Waals surface area contributed by atoms with Gasteiger partial charge in [0, 0.05) is 11.4 Å². The Morgan fingerprint density at radius 2 is 2.35 bits per heavy atom. The Morgan fingerprint density at radius 3 is 3.06 bits per heavy atom. The number of benzene rings is 1. The van der Waals surface area contributed by atoms with Crippen LogP contribution >= 0.6 is 11.6 Å². The van der Waals surface area contributed by atoms with Crippen LogP contribution in [0.25, 0.3) is 0 Å². The molecule has 0 aliphatic carbocycles. The van der Waals surface area contributed by atoms with Gasteiger partial charge in [-0.25, -0.2) is 0 Å². The molecule has 1 aromatic carbocycles. The monoisotopic (exact) mass is 255 g/mol. The minimum Gasteiger partial charge on any atom is -0.444 e. The summed E-state index contributed by atoms with van der Waals surface area (Å²) in [5, 5.41) is 3.04. The fraction of sp³-hybridized carbons (Fsp3) is 0.273. The number of fused-ring (bicyclic) bond motifs is 1. The summed E-state index contributed by atoms with van der Waals surface area (Å²) >= 11 is 5.78. The van der Waals surface area contributed by atoms with Crippen LogP contribution in [-0.4, -0.2) is 18.2 Å². The summed E-state index contributed by atoms with van der Waals surface area (Å²) in [4.78, 5) is 22.7. The van der Waals surface area contributed by atoms with Gasteiger partial charge >= 0.3 is 18.2 Å². The Labute approximate surface area is 103 Å². The van der Waals surface area contributed by atoms with Gasteiger partial charge in [-0.15, -0.1) is 0 Å². The molecule has 5 nitrogen and oxygen atoms in total. The maximum Gasteiger partial charge on any atom is 0.324 e. The standard InChI is InChI=1S/C11H10ClNO4/c1-2-9(14)17-11-10(15)13-7-5-6(12)3-4-8(7)16-11/h3-5,11H,2H2,1H3,(H,13,15). The van der Waals surface area contributed by atoms with Crippen LogP contribution in [0.15, 0.2) is 18.2 Å². The molecule has 0 radical (unpaired) electrons. The Kier molecular flexibility index (Phi) is 3.19. The number of anilines is 1. The summed E-state index contributed by atoms with van der Waals surface area (Å²) in [7, 11) is 0. The second kappa shape index (κ2) is 4.63. The number of amides is 1. The molecule has 2 rings (SSSR count). The van der Waals surface area contributed by atoms with E-state index in [0.717, 1.165) is 0 Å². The number of hydrogen-bond donors (Lipinski definition) is 1. The molecule has 0 bridgehead atoms. The van der Waals surface area contributed by atoms with Crippen LogP contribution in [0.1, 0.15) is 13.3 Å². The highest BCUT2D eigenvalue weighted by atomic mass is 35.5. The molecule has 90 valence electrons. The van der Waals surface area contributed by atoms with Crippen LogP contribution < -0.4 is 10.1 Å². The average Bonchev–Trinajstić information content (AvgIpc) is 2.30. The molecule has 1 heterocycles. The summed E-state index contributed by atoms with van der Waals surface area (Å²) in [6, 6.07) is 4.78. The van der Waals surface area contributed by atoms with Crippen LogP contribution in [0, 0.1) is 0 Å². The third-order valence-electron chi connectivity index (χ3n) is 2.17. The van der Waals surface area contributed by atoms with Crippen LogP contribution in [-0.2, 0) is 14.3 Å². The van der Waals surface area contributed by atoms with Gasteiger partial charge < -0.3 is 14.8 Å². The molecule has 0 saturated carbocycles. The molecule has 1 aliphatic heterocycles. The van der Waals surface area contributed by atoms with Crippen LogP contribution in [0.4, 0.5) is 5.69 Å². The van der Waals surface area contributed by atoms with E-state index in [1.54, 1.807) is 25.1 Å². The Balaban J connectivity index is 2.18. The van der Waals surface area contributed by atoms with Crippen molar-refractivity contribution >= 4 is 29.2 Å². The highest BCUT2D eigenvalue weighted by Crippen LogP contribution is 2.32. The lowest BCUT2D eigenvalue weighted by molar-refractivity contribution is -0.170. The smallest absolute Gasteiger partial charge is 0.324 e. The predicted molar refractivity (Wildman–Crippen MR) is 60.9 cm³/mol. The maximum absolute atomic E-state index is 11.6. The van der Waals surface area contributed by atoms with Crippen LogP contribution in [0.5, 0.6) is 5.75 Å². The van der Waals surface area contributed by atoms with Crippen molar-refractivity contribution in [3.05, 3.63) is 23.2 Å². The molecule has 17 heavy (non-hydrogen) atoms. The van der Waals surface area contributed by atoms with Crippen LogP contribution in [0.2, 0.25) is 5.02 Å². The Hall–Kier alpha value is -1.75. The molecule has 1 amide bonds. The largest absolute Gasteiger partial charge is 0.444 e. The first-order valence-corrected chi connectivity index (χ1v) is 5.44. The number of carbonyl (C=O) groups is 2. The predicted octanol–water partition coefficient (Wildman–Crippen LogP) is 1.95. The Morgan fingerprint density at radius 1 is 1.59 bits per heavy atom.